The number of ether oxygens (including phenoxy) is 2. The quantitative estimate of drug-likeness (QED) is 0.00898. The number of benzene rings is 2. The summed E-state index contributed by atoms with van der Waals surface area (Å²) >= 11 is 0. The summed E-state index contributed by atoms with van der Waals surface area (Å²) in [7, 11) is 2.59. The largest absolute Gasteiger partial charge is 0.427 e. The van der Waals surface area contributed by atoms with Crippen LogP contribution in [0.4, 0.5) is 11.4 Å². The number of amides is 4. The van der Waals surface area contributed by atoms with Crippen molar-refractivity contribution in [1.29, 1.82) is 0 Å². The van der Waals surface area contributed by atoms with Crippen molar-refractivity contribution < 1.29 is 48.1 Å². The summed E-state index contributed by atoms with van der Waals surface area (Å²) in [5.74, 6) is -1.49. The van der Waals surface area contributed by atoms with Gasteiger partial charge in [0, 0.05) is 86.6 Å². The molecule has 2 rings (SSSR count). The van der Waals surface area contributed by atoms with Gasteiger partial charge >= 0.3 is 11.9 Å². The average molecular weight is 1100 g/mol. The van der Waals surface area contributed by atoms with Crippen LogP contribution >= 0.6 is 21.6 Å². The molecule has 0 saturated heterocycles. The molecule has 20 nitrogen and oxygen atoms in total. The molecule has 4 unspecified atom stereocenters. The summed E-state index contributed by atoms with van der Waals surface area (Å²) in [6.45, 7) is 4.92. The number of nitrogens with zero attached hydrogens (tertiary/aromatic N) is 2. The van der Waals surface area contributed by atoms with Gasteiger partial charge in [-0.15, -0.1) is 0 Å². The number of rotatable bonds is 45. The zero-order chi connectivity index (χ0) is 55.8. The van der Waals surface area contributed by atoms with E-state index in [9.17, 15) is 49.0 Å². The molecule has 4 amide bonds. The third-order valence-corrected chi connectivity index (χ3v) is 14.9. The minimum Gasteiger partial charge on any atom is -0.427 e. The average Bonchev–Trinajstić information content (AvgIpc) is 3.39. The van der Waals surface area contributed by atoms with E-state index in [0.717, 1.165) is 77.0 Å². The standard InChI is InChI=1S/C54H86N8O12S2/c1-3-5-7-11-21-41(55)23-15-17-25-49(63)59-47(53(67)57-37-19-9-13-27-51(65)73-45-33-29-43(30-34-45)61(69)70)39-75-76-40-48(60-50(64)26-18-16-24-42(56)22-12-8-6-4-2)54(68)58-38-20-10-14-28-52(66)74-46-35-31-44(32-36-46)62(71)72/h29-36,41-42,47-48H,3-28,37-40,55-56H2,1-2H3,(H,57,67)(H,58,68)(H,59,63)(H,60,64). The van der Waals surface area contributed by atoms with Crippen molar-refractivity contribution in [2.45, 2.75) is 205 Å². The second-order valence-corrected chi connectivity index (χ2v) is 21.7. The van der Waals surface area contributed by atoms with E-state index < -0.39 is 33.9 Å². The smallest absolute Gasteiger partial charge is 0.311 e. The Labute approximate surface area is 457 Å². The van der Waals surface area contributed by atoms with Crippen LogP contribution in [0.1, 0.15) is 181 Å². The number of nitro benzene ring substituents is 2. The van der Waals surface area contributed by atoms with E-state index in [4.69, 9.17) is 20.9 Å². The summed E-state index contributed by atoms with van der Waals surface area (Å²) in [6, 6.07) is 8.84. The van der Waals surface area contributed by atoms with E-state index in [2.05, 4.69) is 35.1 Å². The topological polar surface area (TPSA) is 307 Å². The summed E-state index contributed by atoms with van der Waals surface area (Å²) < 4.78 is 10.5. The number of carbonyl (C=O) groups excluding carboxylic acids is 6. The predicted octanol–water partition coefficient (Wildman–Crippen LogP) is 9.43. The molecule has 0 aliphatic rings. The number of nitrogens with two attached hydrogens (primary N) is 2. The van der Waals surface area contributed by atoms with E-state index in [1.54, 1.807) is 0 Å². The van der Waals surface area contributed by atoms with E-state index in [-0.39, 0.29) is 95.8 Å². The van der Waals surface area contributed by atoms with Crippen molar-refractivity contribution in [3.8, 4) is 11.5 Å². The predicted molar refractivity (Wildman–Crippen MR) is 300 cm³/mol. The summed E-state index contributed by atoms with van der Waals surface area (Å²) in [5.41, 5.74) is 12.4. The number of nitro groups is 2. The first-order valence-corrected chi connectivity index (χ1v) is 29.9. The molecule has 2 aromatic carbocycles. The van der Waals surface area contributed by atoms with Crippen LogP contribution in [0.3, 0.4) is 0 Å². The highest BCUT2D eigenvalue weighted by Gasteiger charge is 2.24. The normalized spacial score (nSPS) is 12.6. The number of esters is 2. The third kappa shape index (κ3) is 33.0. The zero-order valence-electron chi connectivity index (χ0n) is 44.9. The van der Waals surface area contributed by atoms with Gasteiger partial charge < -0.3 is 42.2 Å². The molecule has 0 fully saturated rings. The lowest BCUT2D eigenvalue weighted by atomic mass is 10.0. The van der Waals surface area contributed by atoms with Crippen LogP contribution in [-0.2, 0) is 28.8 Å². The van der Waals surface area contributed by atoms with Crippen LogP contribution < -0.4 is 42.2 Å². The highest BCUT2D eigenvalue weighted by atomic mass is 33.1. The minimum absolute atomic E-state index is 0.0823. The van der Waals surface area contributed by atoms with Crippen LogP contribution in [0.25, 0.3) is 0 Å². The second-order valence-electron chi connectivity index (χ2n) is 19.2. The molecule has 8 N–H and O–H groups in total. The molecule has 76 heavy (non-hydrogen) atoms. The molecule has 0 bridgehead atoms. The van der Waals surface area contributed by atoms with Gasteiger partial charge in [-0.05, 0) is 88.5 Å². The SMILES string of the molecule is CCCCCCC(N)CCCCC(=O)NC(CSSCC(NC(=O)CCCCC(N)CCCCCC)C(=O)NCCCCCC(=O)Oc1ccc([N+](=O)[O-])cc1)C(=O)NCCCCCC(=O)Oc1ccc([N+](=O)[O-])cc1. The molecule has 0 aromatic heterocycles. The van der Waals surface area contributed by atoms with Crippen molar-refractivity contribution in [3.63, 3.8) is 0 Å². The van der Waals surface area contributed by atoms with Crippen molar-refractivity contribution in [1.82, 2.24) is 21.3 Å². The van der Waals surface area contributed by atoms with Crippen molar-refractivity contribution in [3.05, 3.63) is 68.8 Å². The molecule has 22 heteroatoms. The Kier molecular flexibility index (Phi) is 36.7. The van der Waals surface area contributed by atoms with Crippen LogP contribution in [0.2, 0.25) is 0 Å². The Morgan fingerprint density at radius 1 is 0.487 bits per heavy atom. The summed E-state index contributed by atoms with van der Waals surface area (Å²) in [5, 5.41) is 33.4. The highest BCUT2D eigenvalue weighted by Crippen LogP contribution is 2.24. The van der Waals surface area contributed by atoms with Gasteiger partial charge in [0.05, 0.1) is 9.85 Å². The molecule has 0 heterocycles. The van der Waals surface area contributed by atoms with Gasteiger partial charge in [0.2, 0.25) is 23.6 Å². The Bertz CT molecular complexity index is 1880. The van der Waals surface area contributed by atoms with Gasteiger partial charge in [0.15, 0.2) is 0 Å². The van der Waals surface area contributed by atoms with Crippen LogP contribution in [0.5, 0.6) is 11.5 Å². The van der Waals surface area contributed by atoms with Gasteiger partial charge in [-0.2, -0.15) is 0 Å². The number of nitrogens with one attached hydrogen (secondary N) is 4. The van der Waals surface area contributed by atoms with E-state index in [0.29, 0.717) is 64.5 Å². The molecule has 4 atom stereocenters. The monoisotopic (exact) mass is 1100 g/mol. The van der Waals surface area contributed by atoms with Crippen LogP contribution in [0.15, 0.2) is 48.5 Å². The first kappa shape index (κ1) is 66.8. The molecule has 426 valence electrons. The van der Waals surface area contributed by atoms with Crippen LogP contribution in [0, 0.1) is 20.2 Å². The number of unbranched alkanes of at least 4 members (excludes halogenated alkanes) is 12. The Hall–Kier alpha value is -5.32. The third-order valence-electron chi connectivity index (χ3n) is 12.4. The maximum Gasteiger partial charge on any atom is 0.311 e. The minimum atomic E-state index is -0.895. The Morgan fingerprint density at radius 3 is 1.16 bits per heavy atom. The first-order valence-electron chi connectivity index (χ1n) is 27.4. The van der Waals surface area contributed by atoms with E-state index in [1.165, 1.54) is 83.0 Å². The zero-order valence-corrected chi connectivity index (χ0v) is 46.5. The van der Waals surface area contributed by atoms with Crippen LogP contribution in [-0.4, -0.2) is 94.2 Å². The molecule has 2 aromatic rings. The molecule has 0 spiro atoms. The van der Waals surface area contributed by atoms with Crippen molar-refractivity contribution in [2.24, 2.45) is 11.5 Å². The Morgan fingerprint density at radius 2 is 0.816 bits per heavy atom. The highest BCUT2D eigenvalue weighted by molar-refractivity contribution is 8.76. The first-order chi connectivity index (χ1) is 36.6. The number of non-ortho nitro benzene ring substituents is 2. The van der Waals surface area contributed by atoms with Gasteiger partial charge in [-0.1, -0.05) is 112 Å². The van der Waals surface area contributed by atoms with Crippen molar-refractivity contribution >= 4 is 68.5 Å². The van der Waals surface area contributed by atoms with Gasteiger partial charge in [0.25, 0.3) is 11.4 Å². The fourth-order valence-electron chi connectivity index (χ4n) is 7.92. The number of hydrogen-bond donors (Lipinski definition) is 6. The molecule has 0 saturated carbocycles. The van der Waals surface area contributed by atoms with E-state index >= 15 is 0 Å². The maximum absolute atomic E-state index is 13.6. The fraction of sp³-hybridized carbons (Fsp3) is 0.667. The van der Waals surface area contributed by atoms with Crippen molar-refractivity contribution in [2.75, 3.05) is 24.6 Å². The molecular formula is C54H86N8O12S2. The van der Waals surface area contributed by atoms with Gasteiger partial charge in [-0.3, -0.25) is 49.0 Å². The van der Waals surface area contributed by atoms with Gasteiger partial charge in [0.1, 0.15) is 23.6 Å². The molecule has 0 aliphatic carbocycles. The maximum atomic E-state index is 13.6. The Balaban J connectivity index is 1.97. The summed E-state index contributed by atoms with van der Waals surface area (Å²) in [4.78, 5) is 99.0. The molecule has 0 aliphatic heterocycles. The molecular weight excluding hydrogens is 1020 g/mol. The lowest BCUT2D eigenvalue weighted by Crippen LogP contribution is -2.49. The summed E-state index contributed by atoms with van der Waals surface area (Å²) in [6.07, 6.45) is 19.5. The lowest BCUT2D eigenvalue weighted by Gasteiger charge is -2.20. The second kappa shape index (κ2) is 41.8. The fourth-order valence-corrected chi connectivity index (χ4v) is 10.2. The van der Waals surface area contributed by atoms with Gasteiger partial charge in [-0.25, -0.2) is 0 Å². The molecule has 0 radical (unpaired) electrons. The van der Waals surface area contributed by atoms with E-state index in [1.807, 2.05) is 0 Å². The lowest BCUT2D eigenvalue weighted by molar-refractivity contribution is -0.385. The number of carbonyl (C=O) groups is 6. The number of hydrogen-bond acceptors (Lipinski definition) is 16.